The van der Waals surface area contributed by atoms with E-state index in [2.05, 4.69) is 22.4 Å². The molecule has 0 aliphatic heterocycles. The van der Waals surface area contributed by atoms with Crippen molar-refractivity contribution >= 4 is 73.5 Å². The summed E-state index contributed by atoms with van der Waals surface area (Å²) in [6, 6.07) is 9.50. The number of nitrogens with zero attached hydrogens (tertiary/aromatic N) is 1. The monoisotopic (exact) mass is 289 g/mol. The van der Waals surface area contributed by atoms with Gasteiger partial charge in [-0.15, -0.1) is 0 Å². The number of isothiocyanates is 1. The fourth-order valence-electron chi connectivity index (χ4n) is 1.63. The van der Waals surface area contributed by atoms with Gasteiger partial charge in [-0.1, -0.05) is 24.3 Å². The van der Waals surface area contributed by atoms with Crippen molar-refractivity contribution in [2.75, 3.05) is 0 Å². The van der Waals surface area contributed by atoms with Crippen LogP contribution in [0, 0.1) is 0 Å². The zero-order chi connectivity index (χ0) is 12.5. The van der Waals surface area contributed by atoms with Crippen LogP contribution in [0.5, 0.6) is 0 Å². The molecule has 2 aromatic rings. The molecule has 0 fully saturated rings. The fraction of sp³-hybridized carbons (Fsp3) is 0. The minimum atomic E-state index is -4.25. The van der Waals surface area contributed by atoms with E-state index < -0.39 is 10.1 Å². The van der Waals surface area contributed by atoms with E-state index in [4.69, 9.17) is 4.55 Å². The van der Waals surface area contributed by atoms with E-state index in [-0.39, 0.29) is 34.5 Å². The number of thiocarbonyl (C=S) groups is 1. The zero-order valence-corrected chi connectivity index (χ0v) is 10.1. The summed E-state index contributed by atoms with van der Waals surface area (Å²) in [5.41, 5.74) is 0.517. The molecule has 2 aromatic carbocycles. The molecular formula is C11H8NNaO3S2. The Kier molecular flexibility index (Phi) is 5.19. The second-order valence-electron chi connectivity index (χ2n) is 3.31. The molecule has 0 aromatic heterocycles. The Hall–Kier alpha value is -0.590. The number of fused-ring (bicyclic) bond motifs is 1. The molecule has 0 unspecified atom stereocenters. The summed E-state index contributed by atoms with van der Waals surface area (Å²) in [4.78, 5) is 3.70. The molecule has 18 heavy (non-hydrogen) atoms. The fourth-order valence-corrected chi connectivity index (χ4v) is 2.42. The standard InChI is InChI=1S/C11H7NO3S2.Na.H/c13-17(14,15)11-6-5-10(12-7-16)8-3-1-2-4-9(8)11;;/h1-6H,(H,13,14,15);;. The first kappa shape index (κ1) is 15.5. The first-order chi connectivity index (χ1) is 8.04. The van der Waals surface area contributed by atoms with Crippen LogP contribution in [0.15, 0.2) is 46.3 Å². The molecule has 0 atom stereocenters. The van der Waals surface area contributed by atoms with Crippen molar-refractivity contribution in [2.24, 2.45) is 4.99 Å². The van der Waals surface area contributed by atoms with E-state index in [1.54, 1.807) is 24.3 Å². The normalized spacial score (nSPS) is 10.5. The summed E-state index contributed by atoms with van der Waals surface area (Å²) >= 11 is 4.52. The molecule has 0 aliphatic carbocycles. The van der Waals surface area contributed by atoms with Crippen LogP contribution in [0.3, 0.4) is 0 Å². The van der Waals surface area contributed by atoms with Gasteiger partial charge in [-0.2, -0.15) is 13.4 Å². The average Bonchev–Trinajstić information content (AvgIpc) is 2.28. The average molecular weight is 289 g/mol. The van der Waals surface area contributed by atoms with Crippen molar-refractivity contribution in [2.45, 2.75) is 4.90 Å². The SMILES string of the molecule is O=S(=O)(O)c1ccc(N=C=S)c2ccccc12.[NaH]. The third-order valence-corrected chi connectivity index (χ3v) is 3.31. The van der Waals surface area contributed by atoms with Gasteiger partial charge in [0.1, 0.15) is 4.90 Å². The maximum atomic E-state index is 11.2. The number of rotatable bonds is 2. The van der Waals surface area contributed by atoms with Crippen LogP contribution in [0.4, 0.5) is 5.69 Å². The van der Waals surface area contributed by atoms with Gasteiger partial charge in [-0.05, 0) is 24.4 Å². The van der Waals surface area contributed by atoms with E-state index in [1.165, 1.54) is 12.1 Å². The van der Waals surface area contributed by atoms with Crippen LogP contribution in [-0.2, 0) is 10.1 Å². The van der Waals surface area contributed by atoms with Crippen molar-refractivity contribution in [3.8, 4) is 0 Å². The van der Waals surface area contributed by atoms with Gasteiger partial charge in [0.25, 0.3) is 10.1 Å². The van der Waals surface area contributed by atoms with Crippen LogP contribution in [0.1, 0.15) is 0 Å². The number of benzene rings is 2. The summed E-state index contributed by atoms with van der Waals surface area (Å²) in [7, 11) is -4.25. The van der Waals surface area contributed by atoms with E-state index in [9.17, 15) is 8.42 Å². The topological polar surface area (TPSA) is 66.7 Å². The molecule has 0 radical (unpaired) electrons. The molecule has 88 valence electrons. The van der Waals surface area contributed by atoms with Crippen LogP contribution in [-0.4, -0.2) is 47.7 Å². The summed E-state index contributed by atoms with van der Waals surface area (Å²) < 4.78 is 31.5. The van der Waals surface area contributed by atoms with Gasteiger partial charge < -0.3 is 0 Å². The molecule has 0 saturated heterocycles. The molecule has 0 heterocycles. The van der Waals surface area contributed by atoms with Gasteiger partial charge in [0.05, 0.1) is 10.8 Å². The third kappa shape index (κ3) is 3.05. The second-order valence-corrected chi connectivity index (χ2v) is 4.88. The molecular weight excluding hydrogens is 281 g/mol. The van der Waals surface area contributed by atoms with Crippen molar-refractivity contribution < 1.29 is 13.0 Å². The van der Waals surface area contributed by atoms with Gasteiger partial charge in [-0.3, -0.25) is 4.55 Å². The summed E-state index contributed by atoms with van der Waals surface area (Å²) in [6.07, 6.45) is 0. The molecule has 0 amide bonds. The summed E-state index contributed by atoms with van der Waals surface area (Å²) in [6.45, 7) is 0. The second kappa shape index (κ2) is 6.04. The number of hydrogen-bond acceptors (Lipinski definition) is 4. The van der Waals surface area contributed by atoms with E-state index >= 15 is 0 Å². The molecule has 1 N–H and O–H groups in total. The van der Waals surface area contributed by atoms with E-state index in [0.29, 0.717) is 16.5 Å². The third-order valence-electron chi connectivity index (χ3n) is 2.31. The van der Waals surface area contributed by atoms with Gasteiger partial charge in [0.2, 0.25) is 0 Å². The number of aliphatic imine (C=N–C) groups is 1. The van der Waals surface area contributed by atoms with E-state index in [0.717, 1.165) is 0 Å². The quantitative estimate of drug-likeness (QED) is 0.398. The maximum absolute atomic E-state index is 11.2. The molecule has 4 nitrogen and oxygen atoms in total. The van der Waals surface area contributed by atoms with Crippen LogP contribution in [0.2, 0.25) is 0 Å². The first-order valence-corrected chi connectivity index (χ1v) is 6.46. The van der Waals surface area contributed by atoms with Crippen molar-refractivity contribution in [1.82, 2.24) is 0 Å². The Balaban J connectivity index is 0.00000162. The summed E-state index contributed by atoms with van der Waals surface area (Å²) in [5, 5.41) is 3.23. The van der Waals surface area contributed by atoms with Crippen molar-refractivity contribution in [3.05, 3.63) is 36.4 Å². The molecule has 0 bridgehead atoms. The Bertz CT molecular complexity index is 737. The van der Waals surface area contributed by atoms with Crippen molar-refractivity contribution in [1.29, 1.82) is 0 Å². The van der Waals surface area contributed by atoms with Crippen LogP contribution >= 0.6 is 12.2 Å². The molecule has 0 spiro atoms. The number of hydrogen-bond donors (Lipinski definition) is 1. The molecule has 0 saturated carbocycles. The van der Waals surface area contributed by atoms with Gasteiger partial charge >= 0.3 is 29.6 Å². The van der Waals surface area contributed by atoms with Crippen molar-refractivity contribution in [3.63, 3.8) is 0 Å². The predicted octanol–water partition coefficient (Wildman–Crippen LogP) is 2.17. The van der Waals surface area contributed by atoms with Crippen LogP contribution in [0.25, 0.3) is 10.8 Å². The van der Waals surface area contributed by atoms with Gasteiger partial charge in [0.15, 0.2) is 0 Å². The predicted molar refractivity (Wildman–Crippen MR) is 75.6 cm³/mol. The van der Waals surface area contributed by atoms with Gasteiger partial charge in [0, 0.05) is 10.8 Å². The Morgan fingerprint density at radius 3 is 2.28 bits per heavy atom. The summed E-state index contributed by atoms with van der Waals surface area (Å²) in [5.74, 6) is 0. The molecule has 0 aliphatic rings. The Labute approximate surface area is 132 Å². The molecule has 7 heteroatoms. The van der Waals surface area contributed by atoms with E-state index in [1.807, 2.05) is 0 Å². The minimum absolute atomic E-state index is 0. The molecule has 2 rings (SSSR count). The Morgan fingerprint density at radius 1 is 1.11 bits per heavy atom. The first-order valence-electron chi connectivity index (χ1n) is 4.61. The zero-order valence-electron chi connectivity index (χ0n) is 8.49. The van der Waals surface area contributed by atoms with Gasteiger partial charge in [-0.25, -0.2) is 0 Å². The van der Waals surface area contributed by atoms with Crippen LogP contribution < -0.4 is 0 Å². The Morgan fingerprint density at radius 2 is 1.72 bits per heavy atom.